The maximum absolute atomic E-state index is 12.8. The molecule has 0 saturated heterocycles. The average Bonchev–Trinajstić information content (AvgIpc) is 3.05. The van der Waals surface area contributed by atoms with E-state index in [0.717, 1.165) is 11.3 Å². The van der Waals surface area contributed by atoms with Gasteiger partial charge in [-0.3, -0.25) is 9.20 Å². The molecule has 0 aliphatic heterocycles. The zero-order chi connectivity index (χ0) is 16.9. The molecule has 1 aromatic carbocycles. The predicted octanol–water partition coefficient (Wildman–Crippen LogP) is 2.57. The van der Waals surface area contributed by atoms with E-state index in [2.05, 4.69) is 16.5 Å². The third-order valence-corrected chi connectivity index (χ3v) is 3.62. The van der Waals surface area contributed by atoms with Crippen molar-refractivity contribution in [1.29, 1.82) is 0 Å². The quantitative estimate of drug-likeness (QED) is 0.655. The lowest BCUT2D eigenvalue weighted by Crippen LogP contribution is -2.31. The summed E-state index contributed by atoms with van der Waals surface area (Å²) in [6.07, 6.45) is 6.85. The molecular weight excluding hydrogens is 304 g/mol. The van der Waals surface area contributed by atoms with E-state index in [-0.39, 0.29) is 5.91 Å². The number of carbonyl (C=O) groups excluding carboxylic acids is 1. The zero-order valence-corrected chi connectivity index (χ0v) is 13.4. The molecule has 0 aliphatic carbocycles. The number of benzene rings is 1. The van der Waals surface area contributed by atoms with E-state index in [9.17, 15) is 4.79 Å². The van der Waals surface area contributed by atoms with Crippen molar-refractivity contribution in [2.75, 3.05) is 13.7 Å². The lowest BCUT2D eigenvalue weighted by molar-refractivity contribution is 0.0757. The van der Waals surface area contributed by atoms with Gasteiger partial charge in [-0.15, -0.1) is 6.58 Å². The molecule has 0 saturated carbocycles. The smallest absolute Gasteiger partial charge is 0.274 e. The number of methoxy groups -OCH3 is 1. The van der Waals surface area contributed by atoms with Crippen LogP contribution in [0.1, 0.15) is 16.1 Å². The monoisotopic (exact) mass is 322 g/mol. The molecule has 0 spiro atoms. The second-order valence-corrected chi connectivity index (χ2v) is 5.28. The fourth-order valence-electron chi connectivity index (χ4n) is 2.42. The van der Waals surface area contributed by atoms with Crippen LogP contribution in [0.5, 0.6) is 5.75 Å². The van der Waals surface area contributed by atoms with Crippen LogP contribution >= 0.6 is 0 Å². The second kappa shape index (κ2) is 6.95. The molecule has 0 aliphatic rings. The van der Waals surface area contributed by atoms with Gasteiger partial charge in [0, 0.05) is 31.7 Å². The minimum absolute atomic E-state index is 0.156. The summed E-state index contributed by atoms with van der Waals surface area (Å²) in [5.74, 6) is 1.13. The first kappa shape index (κ1) is 15.7. The van der Waals surface area contributed by atoms with Crippen LogP contribution < -0.4 is 4.74 Å². The molecule has 1 amide bonds. The van der Waals surface area contributed by atoms with Gasteiger partial charge in [-0.25, -0.2) is 9.97 Å². The lowest BCUT2D eigenvalue weighted by atomic mass is 10.2. The van der Waals surface area contributed by atoms with E-state index in [1.807, 2.05) is 30.5 Å². The van der Waals surface area contributed by atoms with Gasteiger partial charge in [0.1, 0.15) is 11.4 Å². The van der Waals surface area contributed by atoms with Crippen LogP contribution in [-0.2, 0) is 6.54 Å². The van der Waals surface area contributed by atoms with Gasteiger partial charge in [0.2, 0.25) is 5.78 Å². The Hall–Kier alpha value is -3.15. The number of hydrogen-bond acceptors (Lipinski definition) is 4. The molecule has 0 fully saturated rings. The molecule has 6 heteroatoms. The van der Waals surface area contributed by atoms with Gasteiger partial charge in [0.05, 0.1) is 7.11 Å². The van der Waals surface area contributed by atoms with Crippen LogP contribution in [0.3, 0.4) is 0 Å². The van der Waals surface area contributed by atoms with E-state index >= 15 is 0 Å². The molecule has 0 radical (unpaired) electrons. The van der Waals surface area contributed by atoms with Gasteiger partial charge in [0.25, 0.3) is 5.91 Å². The number of carbonyl (C=O) groups is 1. The molecule has 3 rings (SSSR count). The van der Waals surface area contributed by atoms with Crippen molar-refractivity contribution in [3.05, 3.63) is 72.8 Å². The van der Waals surface area contributed by atoms with Crippen molar-refractivity contribution >= 4 is 11.7 Å². The SMILES string of the molecule is C=CCN(Cc1ccc(OC)cc1)C(=O)c1cn2cccnc2n1. The van der Waals surface area contributed by atoms with E-state index in [0.29, 0.717) is 24.6 Å². The van der Waals surface area contributed by atoms with Gasteiger partial charge in [-0.2, -0.15) is 0 Å². The Morgan fingerprint density at radius 1 is 1.38 bits per heavy atom. The highest BCUT2D eigenvalue weighted by molar-refractivity contribution is 5.92. The third-order valence-electron chi connectivity index (χ3n) is 3.62. The number of imidazole rings is 1. The van der Waals surface area contributed by atoms with Gasteiger partial charge >= 0.3 is 0 Å². The maximum Gasteiger partial charge on any atom is 0.274 e. The van der Waals surface area contributed by atoms with Crippen molar-refractivity contribution in [2.24, 2.45) is 0 Å². The van der Waals surface area contributed by atoms with Crippen LogP contribution in [0.4, 0.5) is 0 Å². The fourth-order valence-corrected chi connectivity index (χ4v) is 2.42. The Morgan fingerprint density at radius 2 is 2.17 bits per heavy atom. The van der Waals surface area contributed by atoms with E-state index in [1.54, 1.807) is 40.9 Å². The largest absolute Gasteiger partial charge is 0.497 e. The van der Waals surface area contributed by atoms with Crippen LogP contribution in [-0.4, -0.2) is 38.8 Å². The molecule has 0 atom stereocenters. The Morgan fingerprint density at radius 3 is 2.83 bits per heavy atom. The number of fused-ring (bicyclic) bond motifs is 1. The average molecular weight is 322 g/mol. The number of nitrogens with zero attached hydrogens (tertiary/aromatic N) is 4. The van der Waals surface area contributed by atoms with Crippen molar-refractivity contribution < 1.29 is 9.53 Å². The fraction of sp³-hybridized carbons (Fsp3) is 0.167. The van der Waals surface area contributed by atoms with Gasteiger partial charge in [-0.05, 0) is 23.8 Å². The van der Waals surface area contributed by atoms with Crippen LogP contribution in [0.25, 0.3) is 5.78 Å². The predicted molar refractivity (Wildman–Crippen MR) is 90.9 cm³/mol. The molecule has 24 heavy (non-hydrogen) atoms. The summed E-state index contributed by atoms with van der Waals surface area (Å²) in [6, 6.07) is 9.42. The number of hydrogen-bond donors (Lipinski definition) is 0. The highest BCUT2D eigenvalue weighted by Gasteiger charge is 2.18. The summed E-state index contributed by atoms with van der Waals surface area (Å²) in [5, 5.41) is 0. The van der Waals surface area contributed by atoms with E-state index < -0.39 is 0 Å². The van der Waals surface area contributed by atoms with Gasteiger partial charge < -0.3 is 9.64 Å². The molecule has 6 nitrogen and oxygen atoms in total. The summed E-state index contributed by atoms with van der Waals surface area (Å²) < 4.78 is 6.88. The van der Waals surface area contributed by atoms with Crippen molar-refractivity contribution in [1.82, 2.24) is 19.3 Å². The molecular formula is C18H18N4O2. The second-order valence-electron chi connectivity index (χ2n) is 5.28. The van der Waals surface area contributed by atoms with E-state index in [1.165, 1.54) is 0 Å². The van der Waals surface area contributed by atoms with Crippen molar-refractivity contribution in [3.8, 4) is 5.75 Å². The van der Waals surface area contributed by atoms with Crippen LogP contribution in [0, 0.1) is 0 Å². The van der Waals surface area contributed by atoms with Crippen molar-refractivity contribution in [3.63, 3.8) is 0 Å². The molecule has 3 aromatic rings. The summed E-state index contributed by atoms with van der Waals surface area (Å²) >= 11 is 0. The Balaban J connectivity index is 1.83. The molecule has 122 valence electrons. The molecule has 2 aromatic heterocycles. The van der Waals surface area contributed by atoms with Crippen LogP contribution in [0.2, 0.25) is 0 Å². The van der Waals surface area contributed by atoms with Crippen molar-refractivity contribution in [2.45, 2.75) is 6.54 Å². The lowest BCUT2D eigenvalue weighted by Gasteiger charge is -2.20. The first-order valence-corrected chi connectivity index (χ1v) is 7.54. The topological polar surface area (TPSA) is 59.7 Å². The summed E-state index contributed by atoms with van der Waals surface area (Å²) in [4.78, 5) is 22.9. The maximum atomic E-state index is 12.8. The minimum Gasteiger partial charge on any atom is -0.497 e. The first-order valence-electron chi connectivity index (χ1n) is 7.54. The molecule has 2 heterocycles. The standard InChI is InChI=1S/C18H18N4O2/c1-3-10-21(12-14-5-7-15(24-2)8-6-14)17(23)16-13-22-11-4-9-19-18(22)20-16/h3-9,11,13H,1,10,12H2,2H3. The Bertz CT molecular complexity index is 822. The van der Waals surface area contributed by atoms with Gasteiger partial charge in [-0.1, -0.05) is 18.2 Å². The van der Waals surface area contributed by atoms with Gasteiger partial charge in [0.15, 0.2) is 0 Å². The summed E-state index contributed by atoms with van der Waals surface area (Å²) in [7, 11) is 1.62. The number of aromatic nitrogens is 3. The Labute approximate surface area is 140 Å². The zero-order valence-electron chi connectivity index (χ0n) is 13.4. The summed E-state index contributed by atoms with van der Waals surface area (Å²) in [5.41, 5.74) is 1.37. The normalized spacial score (nSPS) is 10.5. The molecule has 0 N–H and O–H groups in total. The third kappa shape index (κ3) is 3.27. The highest BCUT2D eigenvalue weighted by Crippen LogP contribution is 2.15. The highest BCUT2D eigenvalue weighted by atomic mass is 16.5. The number of rotatable bonds is 6. The number of amides is 1. The Kier molecular flexibility index (Phi) is 4.56. The number of ether oxygens (including phenoxy) is 1. The molecule has 0 bridgehead atoms. The van der Waals surface area contributed by atoms with E-state index in [4.69, 9.17) is 4.74 Å². The van der Waals surface area contributed by atoms with Crippen LogP contribution in [0.15, 0.2) is 61.6 Å². The summed E-state index contributed by atoms with van der Waals surface area (Å²) in [6.45, 7) is 4.64. The minimum atomic E-state index is -0.156. The first-order chi connectivity index (χ1) is 11.7. The molecule has 0 unspecified atom stereocenters.